The van der Waals surface area contributed by atoms with Gasteiger partial charge < -0.3 is 4.42 Å². The van der Waals surface area contributed by atoms with E-state index in [-0.39, 0.29) is 27.9 Å². The number of ketones is 1. The van der Waals surface area contributed by atoms with Gasteiger partial charge >= 0.3 is 0 Å². The molecule has 4 nitrogen and oxygen atoms in total. The lowest BCUT2D eigenvalue weighted by Gasteiger charge is -2.04. The highest BCUT2D eigenvalue weighted by Gasteiger charge is 2.32. The second-order valence-corrected chi connectivity index (χ2v) is 8.32. The van der Waals surface area contributed by atoms with Crippen molar-refractivity contribution in [1.29, 1.82) is 0 Å². The Morgan fingerprint density at radius 2 is 2.17 bits per heavy atom. The second kappa shape index (κ2) is 5.46. The van der Waals surface area contributed by atoms with Crippen LogP contribution in [-0.2, 0) is 21.3 Å². The number of carbonyl (C=O) groups is 1. The summed E-state index contributed by atoms with van der Waals surface area (Å²) in [6.07, 6.45) is 2.43. The number of fused-ring (bicyclic) bond motifs is 1. The van der Waals surface area contributed by atoms with Crippen LogP contribution < -0.4 is 0 Å². The van der Waals surface area contributed by atoms with E-state index in [1.165, 1.54) is 6.26 Å². The SMILES string of the molecule is O=C(CCC(Br)CBr)c1occ2c1CS(=O)(=O)C2. The summed E-state index contributed by atoms with van der Waals surface area (Å²) in [5.41, 5.74) is 1.19. The Balaban J connectivity index is 2.10. The zero-order valence-electron chi connectivity index (χ0n) is 9.49. The summed E-state index contributed by atoms with van der Waals surface area (Å²) in [7, 11) is -3.08. The molecule has 2 heterocycles. The van der Waals surface area contributed by atoms with Crippen LogP contribution in [0.4, 0.5) is 0 Å². The number of hydrogen-bond donors (Lipinski definition) is 0. The Kier molecular flexibility index (Phi) is 4.33. The maximum Gasteiger partial charge on any atom is 0.198 e. The fraction of sp³-hybridized carbons (Fsp3) is 0.545. The van der Waals surface area contributed by atoms with Crippen molar-refractivity contribution >= 4 is 47.5 Å². The number of hydrogen-bond acceptors (Lipinski definition) is 4. The molecule has 1 aromatic heterocycles. The molecule has 1 atom stereocenters. The van der Waals surface area contributed by atoms with E-state index in [1.807, 2.05) is 0 Å². The zero-order valence-corrected chi connectivity index (χ0v) is 13.5. The Bertz CT molecular complexity index is 562. The minimum Gasteiger partial charge on any atom is -0.461 e. The predicted molar refractivity (Wildman–Crippen MR) is 75.1 cm³/mol. The van der Waals surface area contributed by atoms with Gasteiger partial charge in [-0.1, -0.05) is 31.9 Å². The van der Waals surface area contributed by atoms with Gasteiger partial charge in [0.05, 0.1) is 17.8 Å². The first-order valence-electron chi connectivity index (χ1n) is 5.46. The fourth-order valence-corrected chi connectivity index (χ4v) is 4.04. The standard InChI is InChI=1S/C11H12Br2O4S/c12-3-8(13)1-2-10(14)11-9-6-18(15,16)5-7(9)4-17-11/h4,8H,1-3,5-6H2. The molecule has 0 saturated heterocycles. The van der Waals surface area contributed by atoms with Gasteiger partial charge in [-0.15, -0.1) is 0 Å². The summed E-state index contributed by atoms with van der Waals surface area (Å²) >= 11 is 6.74. The largest absolute Gasteiger partial charge is 0.461 e. The van der Waals surface area contributed by atoms with E-state index >= 15 is 0 Å². The molecule has 18 heavy (non-hydrogen) atoms. The van der Waals surface area contributed by atoms with Gasteiger partial charge in [0.15, 0.2) is 21.4 Å². The smallest absolute Gasteiger partial charge is 0.198 e. The van der Waals surface area contributed by atoms with E-state index in [4.69, 9.17) is 4.42 Å². The maximum absolute atomic E-state index is 12.0. The summed E-state index contributed by atoms with van der Waals surface area (Å²) in [6, 6.07) is 0. The van der Waals surface area contributed by atoms with E-state index in [0.717, 1.165) is 5.33 Å². The molecule has 0 saturated carbocycles. The first kappa shape index (κ1) is 14.3. The van der Waals surface area contributed by atoms with Crippen LogP contribution in [-0.4, -0.2) is 24.4 Å². The van der Waals surface area contributed by atoms with E-state index in [9.17, 15) is 13.2 Å². The van der Waals surface area contributed by atoms with Gasteiger partial charge in [0.25, 0.3) is 0 Å². The van der Waals surface area contributed by atoms with Crippen molar-refractivity contribution in [2.45, 2.75) is 29.2 Å². The third-order valence-corrected chi connectivity index (χ3v) is 6.74. The third-order valence-electron chi connectivity index (χ3n) is 2.83. The molecule has 0 amide bonds. The molecule has 0 aliphatic carbocycles. The normalized spacial score (nSPS) is 18.6. The van der Waals surface area contributed by atoms with Crippen LogP contribution in [0.1, 0.15) is 34.5 Å². The van der Waals surface area contributed by atoms with Gasteiger partial charge in [0, 0.05) is 27.7 Å². The molecule has 0 bridgehead atoms. The van der Waals surface area contributed by atoms with Crippen molar-refractivity contribution in [3.8, 4) is 0 Å². The van der Waals surface area contributed by atoms with E-state index < -0.39 is 9.84 Å². The summed E-state index contributed by atoms with van der Waals surface area (Å²) in [6.45, 7) is 0. The molecule has 2 rings (SSSR count). The Hall–Kier alpha value is -0.140. The molecule has 1 aromatic rings. The van der Waals surface area contributed by atoms with E-state index in [1.54, 1.807) is 0 Å². The lowest BCUT2D eigenvalue weighted by Crippen LogP contribution is -2.07. The van der Waals surface area contributed by atoms with Crippen molar-refractivity contribution in [2.24, 2.45) is 0 Å². The maximum atomic E-state index is 12.0. The predicted octanol–water partition coefficient (Wildman–Crippen LogP) is 2.83. The number of alkyl halides is 2. The highest BCUT2D eigenvalue weighted by atomic mass is 79.9. The van der Waals surface area contributed by atoms with Crippen LogP contribution in [0.2, 0.25) is 0 Å². The number of furan rings is 1. The first-order valence-corrected chi connectivity index (χ1v) is 9.31. The molecule has 0 N–H and O–H groups in total. The van der Waals surface area contributed by atoms with E-state index in [2.05, 4.69) is 31.9 Å². The highest BCUT2D eigenvalue weighted by Crippen LogP contribution is 2.30. The molecule has 100 valence electrons. The number of carbonyl (C=O) groups excluding carboxylic acids is 1. The molecule has 0 radical (unpaired) electrons. The van der Waals surface area contributed by atoms with Gasteiger partial charge in [-0.3, -0.25) is 4.79 Å². The van der Waals surface area contributed by atoms with Gasteiger partial charge in [-0.2, -0.15) is 0 Å². The summed E-state index contributed by atoms with van der Waals surface area (Å²) in [4.78, 5) is 12.2. The van der Waals surface area contributed by atoms with Crippen molar-refractivity contribution in [1.82, 2.24) is 0 Å². The van der Waals surface area contributed by atoms with Crippen LogP contribution >= 0.6 is 31.9 Å². The number of sulfone groups is 1. The van der Waals surface area contributed by atoms with E-state index in [0.29, 0.717) is 24.0 Å². The Labute approximate surface area is 122 Å². The van der Waals surface area contributed by atoms with Crippen LogP contribution in [0, 0.1) is 0 Å². The Morgan fingerprint density at radius 3 is 2.83 bits per heavy atom. The minimum absolute atomic E-state index is 0.0123. The fourth-order valence-electron chi connectivity index (χ4n) is 1.92. The van der Waals surface area contributed by atoms with Crippen LogP contribution in [0.25, 0.3) is 0 Å². The first-order chi connectivity index (χ1) is 8.43. The van der Waals surface area contributed by atoms with Crippen molar-refractivity contribution in [3.05, 3.63) is 23.2 Å². The molecule has 1 aliphatic heterocycles. The van der Waals surface area contributed by atoms with Crippen LogP contribution in [0.15, 0.2) is 10.7 Å². The molecule has 0 aromatic carbocycles. The zero-order chi connectivity index (χ0) is 13.3. The quantitative estimate of drug-likeness (QED) is 0.564. The van der Waals surface area contributed by atoms with Crippen molar-refractivity contribution < 1.29 is 17.6 Å². The van der Waals surface area contributed by atoms with Gasteiger partial charge in [0.2, 0.25) is 0 Å². The second-order valence-electron chi connectivity index (χ2n) is 4.31. The van der Waals surface area contributed by atoms with Crippen molar-refractivity contribution in [2.75, 3.05) is 5.33 Å². The minimum atomic E-state index is -3.08. The number of rotatable bonds is 5. The molecular weight excluding hydrogens is 388 g/mol. The molecular formula is C11H12Br2O4S. The lowest BCUT2D eigenvalue weighted by atomic mass is 10.1. The van der Waals surface area contributed by atoms with Crippen LogP contribution in [0.3, 0.4) is 0 Å². The Morgan fingerprint density at radius 1 is 1.44 bits per heavy atom. The third kappa shape index (κ3) is 3.05. The average Bonchev–Trinajstić information content (AvgIpc) is 2.80. The van der Waals surface area contributed by atoms with Gasteiger partial charge in [0.1, 0.15) is 0 Å². The molecule has 0 fully saturated rings. The van der Waals surface area contributed by atoms with Gasteiger partial charge in [-0.05, 0) is 6.42 Å². The average molecular weight is 400 g/mol. The molecule has 0 spiro atoms. The van der Waals surface area contributed by atoms with Gasteiger partial charge in [-0.25, -0.2) is 8.42 Å². The topological polar surface area (TPSA) is 64.3 Å². The van der Waals surface area contributed by atoms with Crippen LogP contribution in [0.5, 0.6) is 0 Å². The molecule has 1 aliphatic rings. The summed E-state index contributed by atoms with van der Waals surface area (Å²) < 4.78 is 28.2. The van der Waals surface area contributed by atoms with Crippen molar-refractivity contribution in [3.63, 3.8) is 0 Å². The number of Topliss-reactive ketones (excluding diaryl/α,β-unsaturated/α-hetero) is 1. The summed E-state index contributed by atoms with van der Waals surface area (Å²) in [5, 5.41) is 0.769. The lowest BCUT2D eigenvalue weighted by molar-refractivity contribution is 0.0952. The summed E-state index contributed by atoms with van der Waals surface area (Å²) in [5.74, 6) is 0.0107. The molecule has 7 heteroatoms. The number of halogens is 2. The highest BCUT2D eigenvalue weighted by molar-refractivity contribution is 9.12. The molecule has 1 unspecified atom stereocenters. The monoisotopic (exact) mass is 398 g/mol.